The summed E-state index contributed by atoms with van der Waals surface area (Å²) in [4.78, 5) is 45.0. The largest absolute Gasteiger partial charge is 0.459 e. The summed E-state index contributed by atoms with van der Waals surface area (Å²) in [6.45, 7) is 25.0. The van der Waals surface area contributed by atoms with Crippen LogP contribution in [0.2, 0.25) is 0 Å². The van der Waals surface area contributed by atoms with Gasteiger partial charge in [-0.05, 0) is 122 Å². The van der Waals surface area contributed by atoms with Gasteiger partial charge in [0.05, 0.1) is 66.9 Å². The van der Waals surface area contributed by atoms with E-state index < -0.39 is 154 Å². The fourth-order valence-electron chi connectivity index (χ4n) is 13.2. The number of aliphatic hydroxyl groups excluding tert-OH is 4. The predicted octanol–water partition coefficient (Wildman–Crippen LogP) is 6.45. The van der Waals surface area contributed by atoms with Gasteiger partial charge in [-0.1, -0.05) is 99.3 Å². The molecule has 26 nitrogen and oxygen atoms in total. The zero-order chi connectivity index (χ0) is 70.6. The maximum Gasteiger partial charge on any atom is 0.397 e. The molecular weight excluding hydrogens is 1270 g/mol. The lowest BCUT2D eigenvalue weighted by atomic mass is 9.74. The van der Waals surface area contributed by atoms with Crippen LogP contribution >= 0.6 is 12.4 Å². The number of halogens is 1. The molecule has 23 unspecified atom stereocenters. The molecule has 5 aliphatic rings. The zero-order valence-electron chi connectivity index (χ0n) is 60.0. The Morgan fingerprint density at radius 1 is 0.755 bits per heavy atom. The summed E-state index contributed by atoms with van der Waals surface area (Å²) >= 11 is 0. The van der Waals surface area contributed by atoms with E-state index in [9.17, 15) is 48.3 Å². The molecule has 0 aromatic rings. The van der Waals surface area contributed by atoms with E-state index in [2.05, 4.69) is 16.0 Å². The predicted molar refractivity (Wildman–Crippen MR) is 352 cm³/mol. The number of methoxy groups -OCH3 is 1. The Hall–Kier alpha value is -1.91. The SMILES string of the molecule is CCC(=O)OC1C(OC2C(C)C(OC3CC(C)(OC)C(O)C(C)O3)C(C)C(=O)OC(CC)C(C)(O)C(O)C(C)C(=O)C(C)CC2(C)O)OC(C)CC1N(C)C.CCCCCCCCCCCCOS(=O)(=O)O.CN(C)CCCOC1C(C(O)CO)OC2OC(C)(C)OC21.Cl. The fourth-order valence-corrected chi connectivity index (χ4v) is 13.5. The second kappa shape index (κ2) is 40.5. The Balaban J connectivity index is 0.000000624. The van der Waals surface area contributed by atoms with Crippen LogP contribution in [0, 0.1) is 23.7 Å². The summed E-state index contributed by atoms with van der Waals surface area (Å²) < 4.78 is 99.6. The zero-order valence-corrected chi connectivity index (χ0v) is 61.6. The molecule has 94 heavy (non-hydrogen) atoms. The summed E-state index contributed by atoms with van der Waals surface area (Å²) in [5, 5.41) is 65.6. The van der Waals surface area contributed by atoms with Crippen LogP contribution in [0.5, 0.6) is 0 Å². The van der Waals surface area contributed by atoms with E-state index in [-0.39, 0.29) is 69.6 Å². The first-order valence-corrected chi connectivity index (χ1v) is 35.4. The quantitative estimate of drug-likeness (QED) is 0.0251. The second-order valence-electron chi connectivity index (χ2n) is 28.0. The molecular formula is C66H125ClN2O24S. The summed E-state index contributed by atoms with van der Waals surface area (Å²) in [5.74, 6) is -6.31. The monoisotopic (exact) mass is 1400 g/mol. The third-order valence-electron chi connectivity index (χ3n) is 18.7. The fraction of sp³-hybridized carbons (Fsp3) is 0.955. The van der Waals surface area contributed by atoms with Crippen LogP contribution in [0.3, 0.4) is 0 Å². The van der Waals surface area contributed by atoms with Gasteiger partial charge in [0, 0.05) is 44.3 Å². The summed E-state index contributed by atoms with van der Waals surface area (Å²) in [7, 11) is 4.98. The lowest BCUT2D eigenvalue weighted by molar-refractivity contribution is -0.319. The number of esters is 2. The number of hydrogen-bond donors (Lipinski definition) is 7. The third-order valence-corrected chi connectivity index (χ3v) is 19.2. The van der Waals surface area contributed by atoms with Gasteiger partial charge in [-0.15, -0.1) is 12.4 Å². The normalized spacial score (nSPS) is 37.6. The molecule has 0 aromatic heterocycles. The van der Waals surface area contributed by atoms with E-state index in [1.54, 1.807) is 48.5 Å². The van der Waals surface area contributed by atoms with Gasteiger partial charge in [0.25, 0.3) is 0 Å². The van der Waals surface area contributed by atoms with Crippen LogP contribution in [-0.4, -0.2) is 254 Å². The van der Waals surface area contributed by atoms with Gasteiger partial charge in [-0.3, -0.25) is 18.9 Å². The molecule has 0 saturated carbocycles. The standard InChI is InChI=1S/C40H71NO14.C14H27NO6.C12H26O4S.ClH/c1-15-27-40(11,48)33(44)22(5)30(43)20(3)18-38(9,47)35(55-37-32(53-28(42)16-2)26(41(12)13)17-21(4)50-37)23(6)31(24(7)36(46)52-27)54-29-19-39(10,49-14)34(45)25(8)51-29;1-14(2)20-12-11(18-7-5-6-15(3)4)10(9(17)8-16)19-13(12)21-14;1-2-3-4-5-6-7-8-9-10-11-12-16-17(13,14)15;/h20-27,29,31-35,37,44-45,47-48H,15-19H2,1-14H3;9-13,16-17H,5-8H2,1-4H3;2-12H2,1H3,(H,13,14,15);1H. The van der Waals surface area contributed by atoms with Crippen LogP contribution < -0.4 is 0 Å². The van der Waals surface area contributed by atoms with Crippen LogP contribution in [-0.2, 0) is 81.1 Å². The number of rotatable bonds is 28. The van der Waals surface area contributed by atoms with Crippen molar-refractivity contribution in [2.24, 2.45) is 23.7 Å². The number of likely N-dealkylation sites (N-methyl/N-ethyl adjacent to an activating group) is 1. The van der Waals surface area contributed by atoms with E-state index in [1.165, 1.54) is 72.8 Å². The maximum atomic E-state index is 14.2. The van der Waals surface area contributed by atoms with Crippen LogP contribution in [0.4, 0.5) is 0 Å². The highest BCUT2D eigenvalue weighted by Gasteiger charge is 2.58. The van der Waals surface area contributed by atoms with Gasteiger partial charge in [0.2, 0.25) is 0 Å². The smallest absolute Gasteiger partial charge is 0.397 e. The Kier molecular flexibility index (Phi) is 38.0. The highest BCUT2D eigenvalue weighted by atomic mass is 35.5. The van der Waals surface area contributed by atoms with Crippen molar-refractivity contribution in [1.29, 1.82) is 0 Å². The van der Waals surface area contributed by atoms with Gasteiger partial charge >= 0.3 is 22.3 Å². The van der Waals surface area contributed by atoms with E-state index >= 15 is 0 Å². The number of aliphatic hydroxyl groups is 6. The van der Waals surface area contributed by atoms with E-state index in [0.29, 0.717) is 19.4 Å². The Labute approximate surface area is 568 Å². The van der Waals surface area contributed by atoms with Crippen molar-refractivity contribution < 1.29 is 114 Å². The van der Waals surface area contributed by atoms with Crippen molar-refractivity contribution in [2.75, 3.05) is 61.7 Å². The second-order valence-corrected chi connectivity index (χ2v) is 29.1. The van der Waals surface area contributed by atoms with E-state index in [0.717, 1.165) is 25.8 Å². The molecule has 0 aliphatic carbocycles. The number of carbonyl (C=O) groups excluding carboxylic acids is 3. The maximum absolute atomic E-state index is 14.2. The molecule has 0 aromatic carbocycles. The van der Waals surface area contributed by atoms with Crippen molar-refractivity contribution >= 4 is 40.5 Å². The van der Waals surface area contributed by atoms with Gasteiger partial charge < -0.3 is 92.5 Å². The van der Waals surface area contributed by atoms with Gasteiger partial charge in [-0.25, -0.2) is 4.18 Å². The van der Waals surface area contributed by atoms with Crippen LogP contribution in [0.1, 0.15) is 200 Å². The number of fused-ring (bicyclic) bond motifs is 1. The minimum atomic E-state index is -4.23. The molecule has 28 heteroatoms. The van der Waals surface area contributed by atoms with Crippen molar-refractivity contribution in [3.63, 3.8) is 0 Å². The van der Waals surface area contributed by atoms with Crippen LogP contribution in [0.15, 0.2) is 0 Å². The third kappa shape index (κ3) is 26.6. The lowest BCUT2D eigenvalue weighted by Gasteiger charge is -2.49. The van der Waals surface area contributed by atoms with Gasteiger partial charge in [-0.2, -0.15) is 8.42 Å². The number of hydrogen-bond acceptors (Lipinski definition) is 25. The minimum absolute atomic E-state index is 0. The number of cyclic esters (lactones) is 1. The van der Waals surface area contributed by atoms with E-state index in [1.807, 2.05) is 53.9 Å². The number of ketones is 1. The number of carbonyl (C=O) groups is 3. The molecule has 5 fully saturated rings. The highest BCUT2D eigenvalue weighted by Crippen LogP contribution is 2.43. The van der Waals surface area contributed by atoms with Crippen molar-refractivity contribution in [2.45, 2.75) is 320 Å². The van der Waals surface area contributed by atoms with Crippen LogP contribution in [0.25, 0.3) is 0 Å². The number of nitrogens with zero attached hydrogens (tertiary/aromatic N) is 2. The Bertz CT molecular complexity index is 2310. The molecule has 556 valence electrons. The lowest BCUT2D eigenvalue weighted by Crippen LogP contribution is -2.61. The van der Waals surface area contributed by atoms with Crippen molar-refractivity contribution in [3.05, 3.63) is 0 Å². The molecule has 7 N–H and O–H groups in total. The van der Waals surface area contributed by atoms with Crippen molar-refractivity contribution in [1.82, 2.24) is 9.80 Å². The molecule has 0 bridgehead atoms. The summed E-state index contributed by atoms with van der Waals surface area (Å²) in [5.41, 5.74) is -4.92. The molecule has 5 aliphatic heterocycles. The van der Waals surface area contributed by atoms with Crippen molar-refractivity contribution in [3.8, 4) is 0 Å². The number of Topliss-reactive ketones (excluding diaryl/α,β-unsaturated/α-hetero) is 1. The first-order chi connectivity index (χ1) is 43.3. The first kappa shape index (κ1) is 88.2. The molecule has 23 atom stereocenters. The Morgan fingerprint density at radius 3 is 1.88 bits per heavy atom. The minimum Gasteiger partial charge on any atom is -0.459 e. The molecule has 0 spiro atoms. The molecule has 0 amide bonds. The average Bonchev–Trinajstić information content (AvgIpc) is 1.68. The van der Waals surface area contributed by atoms with E-state index in [4.69, 9.17) is 61.8 Å². The average molecular weight is 1400 g/mol. The highest BCUT2D eigenvalue weighted by molar-refractivity contribution is 7.80. The topological polar surface area (TPSA) is 344 Å². The summed E-state index contributed by atoms with van der Waals surface area (Å²) in [6.07, 6.45) is 0.000169. The summed E-state index contributed by atoms with van der Waals surface area (Å²) in [6, 6.07) is -0.319. The molecule has 0 radical (unpaired) electrons. The number of unbranched alkanes of at least 4 members (excludes halogenated alkanes) is 9. The molecule has 5 heterocycles. The van der Waals surface area contributed by atoms with Gasteiger partial charge in [0.15, 0.2) is 30.8 Å². The Morgan fingerprint density at radius 2 is 1.35 bits per heavy atom. The molecule has 5 saturated heterocycles. The number of ether oxygens (including phenoxy) is 11. The molecule has 5 rings (SSSR count). The first-order valence-electron chi connectivity index (χ1n) is 34.0. The van der Waals surface area contributed by atoms with Gasteiger partial charge in [0.1, 0.15) is 48.0 Å².